The summed E-state index contributed by atoms with van der Waals surface area (Å²) in [6, 6.07) is 0. The number of carbonyl (C=O) groups excluding carboxylic acids is 2. The average Bonchev–Trinajstić information content (AvgIpc) is 2.98. The van der Waals surface area contributed by atoms with Crippen LogP contribution in [0.15, 0.2) is 11.6 Å². The lowest BCUT2D eigenvalue weighted by Gasteiger charge is -2.76. The molecule has 0 N–H and O–H groups in total. The van der Waals surface area contributed by atoms with Crippen LogP contribution in [0.2, 0.25) is 10.6 Å². The van der Waals surface area contributed by atoms with E-state index in [1.54, 1.807) is 24.1 Å². The van der Waals surface area contributed by atoms with Crippen LogP contribution in [0.3, 0.4) is 0 Å². The van der Waals surface area contributed by atoms with E-state index in [9.17, 15) is 9.59 Å². The first kappa shape index (κ1) is 34.4. The predicted molar refractivity (Wildman–Crippen MR) is 189 cm³/mol. The van der Waals surface area contributed by atoms with Crippen molar-refractivity contribution in [3.63, 3.8) is 0 Å². The monoisotopic (exact) mass is 602 g/mol. The van der Waals surface area contributed by atoms with E-state index in [0.29, 0.717) is 0 Å². The van der Waals surface area contributed by atoms with Crippen molar-refractivity contribution in [1.82, 2.24) is 0 Å². The van der Waals surface area contributed by atoms with E-state index in [0.717, 1.165) is 51.4 Å². The summed E-state index contributed by atoms with van der Waals surface area (Å²) < 4.78 is 29.9. The zero-order valence-electron chi connectivity index (χ0n) is 29.9. The first-order chi connectivity index (χ1) is 20.4. The van der Waals surface area contributed by atoms with Crippen LogP contribution in [0, 0.1) is 38.4 Å². The van der Waals surface area contributed by atoms with E-state index in [1.165, 1.54) is 13.6 Å². The number of carbonyl (C=O) groups is 2. The van der Waals surface area contributed by atoms with Crippen LogP contribution in [-0.2, 0) is 32.9 Å². The Morgan fingerprint density at radius 2 is 1.36 bits per heavy atom. The Kier molecular flexibility index (Phi) is 8.20. The number of hydrogen-bond acceptors (Lipinski definition) is 7. The smallest absolute Gasteiger partial charge is 0.325 e. The maximum Gasteiger partial charge on any atom is 0.325 e. The SMILES string of the molecule is BOC(=O)[C@]12CCC(C)(C)[C@@H](OB)[C@@]1(B)C1=CCC3[C@@]4(C)C[C@@H](OB)[C@H](OB)[C@@](C)(C(=O)OB)[C@]4(B)CC[C@@]3(C)[C@]1(C)CC2. The standard InChI is InChI=1S/C30H53B7O7/c1-23(2)9-12-28(22(39)44-37)13-10-25(4)18(30(28,32)20(23)42-35)8-7-17-24(25,3)11-14-29(31)26(17,5)15-16(40-33)19(41-34)27(29,6)21(38)43-36/h8,16-17,19-20H,7,9-15,31-37H2,1-6H3/t16-,17?,19+,20-,24-,25-,26-,27+,28-,29+,30+/m1/s1. The van der Waals surface area contributed by atoms with Gasteiger partial charge in [0.2, 0.25) is 0 Å². The van der Waals surface area contributed by atoms with Crippen LogP contribution in [-0.4, -0.2) is 86.2 Å². The zero-order valence-corrected chi connectivity index (χ0v) is 29.9. The molecule has 14 heteroatoms. The van der Waals surface area contributed by atoms with Gasteiger partial charge in [-0.1, -0.05) is 52.7 Å². The molecular weight excluding hydrogens is 548 g/mol. The highest BCUT2D eigenvalue weighted by molar-refractivity contribution is 6.23. The van der Waals surface area contributed by atoms with E-state index in [1.807, 2.05) is 8.05 Å². The Balaban J connectivity index is 1.73. The maximum absolute atomic E-state index is 13.9. The minimum atomic E-state index is -0.885. The molecule has 4 fully saturated rings. The molecule has 0 aromatic heterocycles. The van der Waals surface area contributed by atoms with Gasteiger partial charge in [0.05, 0.1) is 23.0 Å². The zero-order chi connectivity index (χ0) is 32.9. The third kappa shape index (κ3) is 3.66. The van der Waals surface area contributed by atoms with Crippen LogP contribution in [0.1, 0.15) is 92.9 Å². The van der Waals surface area contributed by atoms with Gasteiger partial charge in [0.15, 0.2) is 0 Å². The molecule has 0 spiro atoms. The van der Waals surface area contributed by atoms with Gasteiger partial charge < -0.3 is 23.3 Å². The summed E-state index contributed by atoms with van der Waals surface area (Å²) in [6.45, 7) is 14.1. The summed E-state index contributed by atoms with van der Waals surface area (Å²) in [5.74, 6) is -0.0264. The summed E-state index contributed by atoms with van der Waals surface area (Å²) in [5, 5.41) is -0.895. The van der Waals surface area contributed by atoms with Gasteiger partial charge in [0.25, 0.3) is 36.1 Å². The molecule has 44 heavy (non-hydrogen) atoms. The minimum Gasteiger partial charge on any atom is -0.543 e. The fraction of sp³-hybridized carbons (Fsp3) is 0.867. The van der Waals surface area contributed by atoms with E-state index in [4.69, 9.17) is 23.3 Å². The third-order valence-corrected chi connectivity index (χ3v) is 16.0. The topological polar surface area (TPSA) is 80.3 Å². The average molecular weight is 601 g/mol. The Morgan fingerprint density at radius 3 is 1.91 bits per heavy atom. The second-order valence-corrected chi connectivity index (χ2v) is 17.1. The van der Waals surface area contributed by atoms with Crippen molar-refractivity contribution in [2.75, 3.05) is 0 Å². The molecule has 0 amide bonds. The van der Waals surface area contributed by atoms with Crippen molar-refractivity contribution >= 4 is 67.9 Å². The van der Waals surface area contributed by atoms with Crippen molar-refractivity contribution in [2.45, 2.75) is 122 Å². The predicted octanol–water partition coefficient (Wildman–Crippen LogP) is -0.678. The molecule has 11 atom stereocenters. The van der Waals surface area contributed by atoms with Gasteiger partial charge in [0, 0.05) is 11.4 Å². The largest absolute Gasteiger partial charge is 0.543 e. The van der Waals surface area contributed by atoms with Gasteiger partial charge in [-0.2, -0.15) is 0 Å². The van der Waals surface area contributed by atoms with Crippen LogP contribution >= 0.6 is 0 Å². The van der Waals surface area contributed by atoms with Crippen LogP contribution < -0.4 is 0 Å². The fourth-order valence-electron chi connectivity index (χ4n) is 13.2. The summed E-state index contributed by atoms with van der Waals surface area (Å²) >= 11 is 0. The van der Waals surface area contributed by atoms with Gasteiger partial charge in [-0.05, 0) is 84.8 Å². The first-order valence-corrected chi connectivity index (χ1v) is 16.8. The minimum absolute atomic E-state index is 0.0776. The molecule has 5 rings (SSSR count). The quantitative estimate of drug-likeness (QED) is 0.306. The second-order valence-electron chi connectivity index (χ2n) is 17.1. The summed E-state index contributed by atoms with van der Waals surface area (Å²) in [4.78, 5) is 27.8. The molecule has 4 saturated carbocycles. The number of allylic oxidation sites excluding steroid dienone is 1. The van der Waals surface area contributed by atoms with Crippen molar-refractivity contribution in [1.29, 1.82) is 0 Å². The third-order valence-electron chi connectivity index (χ3n) is 16.0. The lowest BCUT2D eigenvalue weighted by atomic mass is 9.23. The van der Waals surface area contributed by atoms with Crippen molar-refractivity contribution in [3.8, 4) is 0 Å². The van der Waals surface area contributed by atoms with E-state index in [-0.39, 0.29) is 57.0 Å². The Morgan fingerprint density at radius 1 is 0.750 bits per heavy atom. The van der Waals surface area contributed by atoms with Gasteiger partial charge in [-0.15, -0.1) is 0 Å². The molecule has 5 aliphatic rings. The second kappa shape index (κ2) is 10.5. The molecular formula is C30H53B7O7. The molecule has 0 heterocycles. The number of fused-ring (bicyclic) bond motifs is 7. The molecule has 0 aromatic carbocycles. The normalized spacial score (nSPS) is 50.9. The molecule has 1 unspecified atom stereocenters. The first-order valence-electron chi connectivity index (χ1n) is 16.8. The lowest BCUT2D eigenvalue weighted by molar-refractivity contribution is -0.224. The number of hydrogen-bond donors (Lipinski definition) is 0. The van der Waals surface area contributed by atoms with Crippen LogP contribution in [0.25, 0.3) is 0 Å². The van der Waals surface area contributed by atoms with E-state index < -0.39 is 22.2 Å². The van der Waals surface area contributed by atoms with Crippen LogP contribution in [0.5, 0.6) is 0 Å². The van der Waals surface area contributed by atoms with Gasteiger partial charge in [-0.3, -0.25) is 9.59 Å². The molecule has 0 aliphatic heterocycles. The van der Waals surface area contributed by atoms with Crippen molar-refractivity contribution < 1.29 is 32.9 Å². The highest BCUT2D eigenvalue weighted by Gasteiger charge is 2.78. The molecule has 0 bridgehead atoms. The summed E-state index contributed by atoms with van der Waals surface area (Å²) in [7, 11) is 12.9. The van der Waals surface area contributed by atoms with Crippen molar-refractivity contribution in [3.05, 3.63) is 11.6 Å². The van der Waals surface area contributed by atoms with E-state index in [2.05, 4.69) is 63.3 Å². The Hall–Kier alpha value is -0.985. The molecule has 0 aromatic rings. The van der Waals surface area contributed by atoms with Gasteiger partial charge in [-0.25, -0.2) is 0 Å². The summed E-state index contributed by atoms with van der Waals surface area (Å²) in [5.41, 5.74) is -0.707. The van der Waals surface area contributed by atoms with Gasteiger partial charge >= 0.3 is 16.1 Å². The number of rotatable bonds is 5. The highest BCUT2D eigenvalue weighted by Crippen LogP contribution is 2.83. The highest BCUT2D eigenvalue weighted by atomic mass is 16.5. The maximum atomic E-state index is 13.9. The fourth-order valence-corrected chi connectivity index (χ4v) is 13.2. The van der Waals surface area contributed by atoms with Crippen LogP contribution in [0.4, 0.5) is 0 Å². The van der Waals surface area contributed by atoms with E-state index >= 15 is 0 Å². The molecule has 0 saturated heterocycles. The Labute approximate surface area is 272 Å². The Bertz CT molecular complexity index is 1250. The van der Waals surface area contributed by atoms with Crippen molar-refractivity contribution in [2.24, 2.45) is 38.4 Å². The molecule has 5 aliphatic carbocycles. The molecule has 7 nitrogen and oxygen atoms in total. The lowest BCUT2D eigenvalue weighted by Crippen LogP contribution is -2.72. The molecule has 0 radical (unpaired) electrons. The van der Waals surface area contributed by atoms with Gasteiger partial charge in [0.1, 0.15) is 15.7 Å². The summed E-state index contributed by atoms with van der Waals surface area (Å²) in [6.07, 6.45) is 8.68. The molecule has 236 valence electrons.